The SMILES string of the molecule is CCNc1ncnc(OCC(C)C)c1CC. The van der Waals surface area contributed by atoms with Gasteiger partial charge in [0.1, 0.15) is 12.1 Å². The van der Waals surface area contributed by atoms with Crippen molar-refractivity contribution in [2.75, 3.05) is 18.5 Å². The molecular formula is C12H21N3O. The summed E-state index contributed by atoms with van der Waals surface area (Å²) in [6.07, 6.45) is 2.42. The molecular weight excluding hydrogens is 202 g/mol. The highest BCUT2D eigenvalue weighted by molar-refractivity contribution is 5.48. The molecule has 0 unspecified atom stereocenters. The summed E-state index contributed by atoms with van der Waals surface area (Å²) in [5.41, 5.74) is 1.06. The van der Waals surface area contributed by atoms with Crippen molar-refractivity contribution in [3.05, 3.63) is 11.9 Å². The monoisotopic (exact) mass is 223 g/mol. The maximum atomic E-state index is 5.69. The first-order chi connectivity index (χ1) is 7.69. The van der Waals surface area contributed by atoms with E-state index in [9.17, 15) is 0 Å². The molecule has 0 radical (unpaired) electrons. The number of hydrogen-bond donors (Lipinski definition) is 1. The minimum Gasteiger partial charge on any atom is -0.477 e. The minimum atomic E-state index is 0.502. The van der Waals surface area contributed by atoms with Gasteiger partial charge in [0.05, 0.1) is 12.2 Å². The van der Waals surface area contributed by atoms with Crippen molar-refractivity contribution >= 4 is 5.82 Å². The van der Waals surface area contributed by atoms with E-state index in [1.54, 1.807) is 6.33 Å². The van der Waals surface area contributed by atoms with E-state index in [4.69, 9.17) is 4.74 Å². The summed E-state index contributed by atoms with van der Waals surface area (Å²) in [7, 11) is 0. The van der Waals surface area contributed by atoms with Gasteiger partial charge in [-0.25, -0.2) is 9.97 Å². The number of rotatable bonds is 6. The van der Waals surface area contributed by atoms with E-state index in [2.05, 4.69) is 43.0 Å². The summed E-state index contributed by atoms with van der Waals surface area (Å²) in [4.78, 5) is 8.42. The fraction of sp³-hybridized carbons (Fsp3) is 0.667. The Labute approximate surface area is 97.5 Å². The van der Waals surface area contributed by atoms with E-state index in [1.165, 1.54) is 0 Å². The normalized spacial score (nSPS) is 10.6. The Morgan fingerprint density at radius 2 is 2.06 bits per heavy atom. The number of anilines is 1. The van der Waals surface area contributed by atoms with Crippen LogP contribution in [0.15, 0.2) is 6.33 Å². The molecule has 1 rings (SSSR count). The molecule has 0 aliphatic heterocycles. The van der Waals surface area contributed by atoms with Crippen molar-refractivity contribution < 1.29 is 4.74 Å². The van der Waals surface area contributed by atoms with Crippen LogP contribution in [-0.4, -0.2) is 23.1 Å². The van der Waals surface area contributed by atoms with Gasteiger partial charge < -0.3 is 10.1 Å². The molecule has 0 aromatic carbocycles. The fourth-order valence-corrected chi connectivity index (χ4v) is 1.40. The van der Waals surface area contributed by atoms with Crippen LogP contribution in [0.1, 0.15) is 33.3 Å². The third-order valence-corrected chi connectivity index (χ3v) is 2.16. The van der Waals surface area contributed by atoms with E-state index in [0.29, 0.717) is 18.4 Å². The van der Waals surface area contributed by atoms with Gasteiger partial charge in [0.25, 0.3) is 0 Å². The first-order valence-electron chi connectivity index (χ1n) is 5.89. The fourth-order valence-electron chi connectivity index (χ4n) is 1.40. The highest BCUT2D eigenvalue weighted by atomic mass is 16.5. The summed E-state index contributed by atoms with van der Waals surface area (Å²) in [6.45, 7) is 9.93. The summed E-state index contributed by atoms with van der Waals surface area (Å²) < 4.78 is 5.69. The lowest BCUT2D eigenvalue weighted by atomic mass is 10.2. The van der Waals surface area contributed by atoms with Crippen LogP contribution in [0.25, 0.3) is 0 Å². The minimum absolute atomic E-state index is 0.502. The molecule has 4 nitrogen and oxygen atoms in total. The number of aromatic nitrogens is 2. The third kappa shape index (κ3) is 3.36. The van der Waals surface area contributed by atoms with Gasteiger partial charge in [0, 0.05) is 6.54 Å². The van der Waals surface area contributed by atoms with Gasteiger partial charge in [0.15, 0.2) is 0 Å². The zero-order valence-corrected chi connectivity index (χ0v) is 10.6. The van der Waals surface area contributed by atoms with Crippen molar-refractivity contribution in [1.82, 2.24) is 9.97 Å². The maximum absolute atomic E-state index is 5.69. The lowest BCUT2D eigenvalue weighted by Gasteiger charge is -2.13. The standard InChI is InChI=1S/C12H21N3O/c1-5-10-11(13-6-2)14-8-15-12(10)16-7-9(3)4/h8-9H,5-7H2,1-4H3,(H,13,14,15). The quantitative estimate of drug-likeness (QED) is 0.805. The topological polar surface area (TPSA) is 47.0 Å². The summed E-state index contributed by atoms with van der Waals surface area (Å²) in [6, 6.07) is 0. The molecule has 0 saturated heterocycles. The van der Waals surface area contributed by atoms with E-state index < -0.39 is 0 Å². The second kappa shape index (κ2) is 6.30. The smallest absolute Gasteiger partial charge is 0.221 e. The summed E-state index contributed by atoms with van der Waals surface area (Å²) in [5.74, 6) is 2.10. The molecule has 0 spiro atoms. The van der Waals surface area contributed by atoms with Crippen LogP contribution in [0.5, 0.6) is 5.88 Å². The van der Waals surface area contributed by atoms with Crippen LogP contribution in [0.4, 0.5) is 5.82 Å². The lowest BCUT2D eigenvalue weighted by molar-refractivity contribution is 0.258. The molecule has 4 heteroatoms. The van der Waals surface area contributed by atoms with Crippen LogP contribution in [0, 0.1) is 5.92 Å². The Morgan fingerprint density at radius 1 is 1.31 bits per heavy atom. The molecule has 0 amide bonds. The van der Waals surface area contributed by atoms with Gasteiger partial charge in [-0.2, -0.15) is 0 Å². The van der Waals surface area contributed by atoms with Crippen molar-refractivity contribution in [2.45, 2.75) is 34.1 Å². The molecule has 90 valence electrons. The Kier molecular flexibility index (Phi) is 5.02. The Bertz CT molecular complexity index is 326. The van der Waals surface area contributed by atoms with Crippen molar-refractivity contribution in [3.8, 4) is 5.88 Å². The Morgan fingerprint density at radius 3 is 2.62 bits per heavy atom. The van der Waals surface area contributed by atoms with Gasteiger partial charge in [-0.15, -0.1) is 0 Å². The molecule has 0 saturated carbocycles. The van der Waals surface area contributed by atoms with E-state index in [1.807, 2.05) is 0 Å². The molecule has 1 heterocycles. The zero-order valence-electron chi connectivity index (χ0n) is 10.6. The zero-order chi connectivity index (χ0) is 12.0. The van der Waals surface area contributed by atoms with Crippen molar-refractivity contribution in [2.24, 2.45) is 5.92 Å². The van der Waals surface area contributed by atoms with Crippen molar-refractivity contribution in [1.29, 1.82) is 0 Å². The molecule has 0 atom stereocenters. The summed E-state index contributed by atoms with van der Waals surface area (Å²) >= 11 is 0. The predicted molar refractivity (Wildman–Crippen MR) is 65.9 cm³/mol. The number of hydrogen-bond acceptors (Lipinski definition) is 4. The third-order valence-electron chi connectivity index (χ3n) is 2.16. The van der Waals surface area contributed by atoms with E-state index >= 15 is 0 Å². The lowest BCUT2D eigenvalue weighted by Crippen LogP contribution is -2.10. The van der Waals surface area contributed by atoms with Gasteiger partial charge in [0.2, 0.25) is 5.88 Å². The maximum Gasteiger partial charge on any atom is 0.221 e. The van der Waals surface area contributed by atoms with Crippen LogP contribution in [0.3, 0.4) is 0 Å². The van der Waals surface area contributed by atoms with E-state index in [0.717, 1.165) is 24.3 Å². The van der Waals surface area contributed by atoms with Crippen LogP contribution >= 0.6 is 0 Å². The number of nitrogens with zero attached hydrogens (tertiary/aromatic N) is 2. The average Bonchev–Trinajstić information content (AvgIpc) is 2.27. The molecule has 1 aromatic heterocycles. The number of ether oxygens (including phenoxy) is 1. The number of nitrogens with one attached hydrogen (secondary N) is 1. The summed E-state index contributed by atoms with van der Waals surface area (Å²) in [5, 5.41) is 3.22. The Balaban J connectivity index is 2.85. The molecule has 1 N–H and O–H groups in total. The average molecular weight is 223 g/mol. The molecule has 0 fully saturated rings. The molecule has 0 bridgehead atoms. The molecule has 0 aliphatic rings. The van der Waals surface area contributed by atoms with Gasteiger partial charge >= 0.3 is 0 Å². The van der Waals surface area contributed by atoms with E-state index in [-0.39, 0.29) is 0 Å². The van der Waals surface area contributed by atoms with Crippen LogP contribution < -0.4 is 10.1 Å². The first kappa shape index (κ1) is 12.7. The second-order valence-corrected chi connectivity index (χ2v) is 4.09. The molecule has 1 aromatic rings. The highest BCUT2D eigenvalue weighted by Gasteiger charge is 2.10. The molecule has 16 heavy (non-hydrogen) atoms. The van der Waals surface area contributed by atoms with Crippen molar-refractivity contribution in [3.63, 3.8) is 0 Å². The second-order valence-electron chi connectivity index (χ2n) is 4.09. The van der Waals surface area contributed by atoms with Crippen LogP contribution in [-0.2, 0) is 6.42 Å². The van der Waals surface area contributed by atoms with Gasteiger partial charge in [-0.3, -0.25) is 0 Å². The predicted octanol–water partition coefficient (Wildman–Crippen LogP) is 2.51. The largest absolute Gasteiger partial charge is 0.477 e. The first-order valence-corrected chi connectivity index (χ1v) is 5.89. The highest BCUT2D eigenvalue weighted by Crippen LogP contribution is 2.22. The van der Waals surface area contributed by atoms with Gasteiger partial charge in [-0.1, -0.05) is 20.8 Å². The Hall–Kier alpha value is -1.32. The van der Waals surface area contributed by atoms with Gasteiger partial charge in [-0.05, 0) is 19.3 Å². The molecule has 0 aliphatic carbocycles. The van der Waals surface area contributed by atoms with Crippen LogP contribution in [0.2, 0.25) is 0 Å².